The predicted molar refractivity (Wildman–Crippen MR) is 61.4 cm³/mol. The van der Waals surface area contributed by atoms with Gasteiger partial charge in [-0.15, -0.1) is 0 Å². The number of carboxylic acids is 1. The molecule has 0 saturated heterocycles. The number of anilines is 2. The van der Waals surface area contributed by atoms with Crippen molar-refractivity contribution in [3.8, 4) is 0 Å². The second-order valence-corrected chi connectivity index (χ2v) is 3.67. The Morgan fingerprint density at radius 3 is 3.00 bits per heavy atom. The van der Waals surface area contributed by atoms with E-state index in [2.05, 4.69) is 10.6 Å². The first kappa shape index (κ1) is 11.2. The van der Waals surface area contributed by atoms with E-state index in [1.54, 1.807) is 6.07 Å². The van der Waals surface area contributed by atoms with Gasteiger partial charge in [0.15, 0.2) is 0 Å². The molecule has 0 spiro atoms. The van der Waals surface area contributed by atoms with Gasteiger partial charge in [0.1, 0.15) is 12.2 Å². The topological polar surface area (TPSA) is 104 Å². The van der Waals surface area contributed by atoms with Crippen LogP contribution in [0.25, 0.3) is 0 Å². The van der Waals surface area contributed by atoms with E-state index >= 15 is 0 Å². The van der Waals surface area contributed by atoms with Crippen LogP contribution in [0.3, 0.4) is 0 Å². The van der Waals surface area contributed by atoms with Crippen molar-refractivity contribution in [1.82, 2.24) is 0 Å². The molecule has 1 heterocycles. The maximum atomic E-state index is 10.9. The van der Waals surface area contributed by atoms with E-state index in [-0.39, 0.29) is 12.2 Å². The van der Waals surface area contributed by atoms with Crippen molar-refractivity contribution in [3.63, 3.8) is 0 Å². The Hall–Kier alpha value is -2.31. The number of hydrogen-bond acceptors (Lipinski definition) is 5. The van der Waals surface area contributed by atoms with Crippen LogP contribution in [-0.2, 0) is 11.2 Å². The van der Waals surface area contributed by atoms with Gasteiger partial charge in [0.25, 0.3) is 5.69 Å². The van der Waals surface area contributed by atoms with Gasteiger partial charge >= 0.3 is 5.97 Å². The molecule has 0 saturated carbocycles. The van der Waals surface area contributed by atoms with Crippen LogP contribution in [0.15, 0.2) is 12.1 Å². The van der Waals surface area contributed by atoms with Gasteiger partial charge in [0, 0.05) is 23.9 Å². The summed E-state index contributed by atoms with van der Waals surface area (Å²) in [5.41, 5.74) is 1.82. The molecule has 0 amide bonds. The standard InChI is InChI=1S/C10H11N3O4/c14-9(15)5-12-10-6-3-4-11-7(6)1-2-8(10)13(16)17/h1-2,11-12H,3-5H2,(H,14,15). The van der Waals surface area contributed by atoms with Crippen LogP contribution in [-0.4, -0.2) is 29.1 Å². The number of nitrogens with one attached hydrogen (secondary N) is 2. The van der Waals surface area contributed by atoms with Gasteiger partial charge in [-0.1, -0.05) is 0 Å². The molecule has 7 heteroatoms. The van der Waals surface area contributed by atoms with E-state index in [1.807, 2.05) is 0 Å². The average molecular weight is 237 g/mol. The molecule has 7 nitrogen and oxygen atoms in total. The molecule has 0 aromatic heterocycles. The van der Waals surface area contributed by atoms with Crippen molar-refractivity contribution in [2.45, 2.75) is 6.42 Å². The number of hydrogen-bond donors (Lipinski definition) is 3. The Labute approximate surface area is 96.6 Å². The molecule has 0 bridgehead atoms. The summed E-state index contributed by atoms with van der Waals surface area (Å²) >= 11 is 0. The average Bonchev–Trinajstić information content (AvgIpc) is 2.73. The molecule has 1 aromatic rings. The fourth-order valence-electron chi connectivity index (χ4n) is 1.90. The summed E-state index contributed by atoms with van der Waals surface area (Å²) in [7, 11) is 0. The molecular weight excluding hydrogens is 226 g/mol. The van der Waals surface area contributed by atoms with Gasteiger partial charge in [-0.05, 0) is 12.5 Å². The lowest BCUT2D eigenvalue weighted by Gasteiger charge is -2.09. The first-order valence-electron chi connectivity index (χ1n) is 5.09. The number of nitro benzene ring substituents is 1. The van der Waals surface area contributed by atoms with Crippen LogP contribution in [0.2, 0.25) is 0 Å². The van der Waals surface area contributed by atoms with Crippen molar-refractivity contribution in [3.05, 3.63) is 27.8 Å². The third-order valence-corrected chi connectivity index (χ3v) is 2.59. The monoisotopic (exact) mass is 237 g/mol. The van der Waals surface area contributed by atoms with Crippen LogP contribution in [0.1, 0.15) is 5.56 Å². The molecule has 1 aliphatic heterocycles. The number of carbonyl (C=O) groups is 1. The quantitative estimate of drug-likeness (QED) is 0.534. The van der Waals surface area contributed by atoms with Gasteiger partial charge in [0.2, 0.25) is 0 Å². The van der Waals surface area contributed by atoms with Crippen LogP contribution in [0.5, 0.6) is 0 Å². The molecule has 0 atom stereocenters. The summed E-state index contributed by atoms with van der Waals surface area (Å²) in [4.78, 5) is 20.9. The van der Waals surface area contributed by atoms with Gasteiger partial charge < -0.3 is 15.7 Å². The second-order valence-electron chi connectivity index (χ2n) is 3.67. The molecule has 0 aliphatic carbocycles. The minimum absolute atomic E-state index is 0.0892. The van der Waals surface area contributed by atoms with Gasteiger partial charge in [0.05, 0.1) is 4.92 Å². The Balaban J connectivity index is 2.40. The summed E-state index contributed by atoms with van der Waals surface area (Å²) < 4.78 is 0. The highest BCUT2D eigenvalue weighted by molar-refractivity contribution is 5.80. The molecular formula is C10H11N3O4. The normalized spacial score (nSPS) is 12.7. The molecule has 0 fully saturated rings. The lowest BCUT2D eigenvalue weighted by atomic mass is 10.1. The molecule has 0 radical (unpaired) electrons. The second kappa shape index (κ2) is 4.28. The van der Waals surface area contributed by atoms with E-state index in [9.17, 15) is 14.9 Å². The molecule has 90 valence electrons. The maximum absolute atomic E-state index is 10.9. The lowest BCUT2D eigenvalue weighted by Crippen LogP contribution is -2.14. The Kier molecular flexibility index (Phi) is 2.82. The van der Waals surface area contributed by atoms with E-state index < -0.39 is 10.9 Å². The highest BCUT2D eigenvalue weighted by Gasteiger charge is 2.23. The number of carboxylic acid groups (broad SMARTS) is 1. The van der Waals surface area contributed by atoms with Crippen LogP contribution < -0.4 is 10.6 Å². The van der Waals surface area contributed by atoms with E-state index in [1.165, 1.54) is 6.07 Å². The summed E-state index contributed by atoms with van der Waals surface area (Å²) in [6, 6.07) is 3.02. The molecule has 3 N–H and O–H groups in total. The summed E-state index contributed by atoms with van der Waals surface area (Å²) in [5, 5.41) is 25.2. The van der Waals surface area contributed by atoms with E-state index in [0.717, 1.165) is 11.3 Å². The minimum atomic E-state index is -1.05. The fraction of sp³-hybridized carbons (Fsp3) is 0.300. The Morgan fingerprint density at radius 1 is 1.59 bits per heavy atom. The third kappa shape index (κ3) is 2.12. The smallest absolute Gasteiger partial charge is 0.322 e. The fourth-order valence-corrected chi connectivity index (χ4v) is 1.90. The van der Waals surface area contributed by atoms with Gasteiger partial charge in [-0.25, -0.2) is 0 Å². The summed E-state index contributed by atoms with van der Waals surface area (Å²) in [6.07, 6.45) is 0.652. The van der Waals surface area contributed by atoms with Crippen LogP contribution >= 0.6 is 0 Å². The zero-order valence-corrected chi connectivity index (χ0v) is 8.90. The van der Waals surface area contributed by atoms with Gasteiger partial charge in [-0.3, -0.25) is 14.9 Å². The SMILES string of the molecule is O=C(O)CNc1c([N+](=O)[O-])ccc2c1CCN2. The number of rotatable bonds is 4. The summed E-state index contributed by atoms with van der Waals surface area (Å²) in [6.45, 7) is 0.371. The van der Waals surface area contributed by atoms with Crippen molar-refractivity contribution in [2.75, 3.05) is 23.7 Å². The molecule has 0 unspecified atom stereocenters. The number of nitro groups is 1. The number of nitrogens with zero attached hydrogens (tertiary/aromatic N) is 1. The number of aliphatic carboxylic acids is 1. The lowest BCUT2D eigenvalue weighted by molar-refractivity contribution is -0.384. The highest BCUT2D eigenvalue weighted by Crippen LogP contribution is 2.36. The van der Waals surface area contributed by atoms with Gasteiger partial charge in [-0.2, -0.15) is 0 Å². The van der Waals surface area contributed by atoms with E-state index in [0.29, 0.717) is 18.7 Å². The first-order chi connectivity index (χ1) is 8.09. The third-order valence-electron chi connectivity index (χ3n) is 2.59. The zero-order chi connectivity index (χ0) is 12.4. The van der Waals surface area contributed by atoms with Crippen molar-refractivity contribution < 1.29 is 14.8 Å². The molecule has 2 rings (SSSR count). The van der Waals surface area contributed by atoms with Crippen LogP contribution in [0, 0.1) is 10.1 Å². The highest BCUT2D eigenvalue weighted by atomic mass is 16.6. The van der Waals surface area contributed by atoms with Crippen LogP contribution in [0.4, 0.5) is 17.1 Å². The largest absolute Gasteiger partial charge is 0.480 e. The molecule has 1 aromatic carbocycles. The van der Waals surface area contributed by atoms with Crippen molar-refractivity contribution in [2.24, 2.45) is 0 Å². The maximum Gasteiger partial charge on any atom is 0.322 e. The minimum Gasteiger partial charge on any atom is -0.480 e. The molecule has 1 aliphatic rings. The number of benzene rings is 1. The first-order valence-corrected chi connectivity index (χ1v) is 5.09. The number of fused-ring (bicyclic) bond motifs is 1. The Morgan fingerprint density at radius 2 is 2.35 bits per heavy atom. The Bertz CT molecular complexity index is 487. The van der Waals surface area contributed by atoms with Crippen molar-refractivity contribution >= 4 is 23.0 Å². The van der Waals surface area contributed by atoms with Crippen molar-refractivity contribution in [1.29, 1.82) is 0 Å². The predicted octanol–water partition coefficient (Wildman–Crippen LogP) is 1.06. The summed E-state index contributed by atoms with van der Waals surface area (Å²) in [5.74, 6) is -1.05. The molecule has 17 heavy (non-hydrogen) atoms. The zero-order valence-electron chi connectivity index (χ0n) is 8.90. The van der Waals surface area contributed by atoms with E-state index in [4.69, 9.17) is 5.11 Å².